The molecule has 0 saturated heterocycles. The molecule has 2 aromatic rings. The van der Waals surface area contributed by atoms with E-state index in [1.807, 2.05) is 0 Å². The average Bonchev–Trinajstić information content (AvgIpc) is 2.48. The van der Waals surface area contributed by atoms with E-state index in [9.17, 15) is 0 Å². The molecule has 66 valence electrons. The maximum Gasteiger partial charge on any atom is 0.489 e. The molecule has 0 amide bonds. The van der Waals surface area contributed by atoms with Crippen molar-refractivity contribution in [2.75, 3.05) is 0 Å². The number of hydrogen-bond donors (Lipinski definition) is 3. The lowest BCUT2D eigenvalue weighted by Gasteiger charge is -2.01. The highest BCUT2D eigenvalue weighted by Gasteiger charge is 2.16. The Balaban J connectivity index is 2.69. The molecule has 0 bridgehead atoms. The summed E-state index contributed by atoms with van der Waals surface area (Å²) in [7, 11) is -1.55. The third-order valence-electron chi connectivity index (χ3n) is 1.84. The molecule has 6 heteroatoms. The number of benzene rings is 1. The molecule has 4 nitrogen and oxygen atoms in total. The Labute approximate surface area is 79.3 Å². The summed E-state index contributed by atoms with van der Waals surface area (Å²) in [6.07, 6.45) is 1.59. The van der Waals surface area contributed by atoms with Crippen LogP contribution in [0.25, 0.3) is 10.9 Å². The number of nitrogens with zero attached hydrogens (tertiary/aromatic N) is 1. The molecular weight excluding hydrogens is 190 g/mol. The van der Waals surface area contributed by atoms with Crippen LogP contribution in [0.5, 0.6) is 0 Å². The molecule has 3 N–H and O–H groups in total. The Morgan fingerprint density at radius 2 is 2.15 bits per heavy atom. The van der Waals surface area contributed by atoms with Crippen LogP contribution in [-0.4, -0.2) is 27.4 Å². The maximum atomic E-state index is 8.94. The fraction of sp³-hybridized carbons (Fsp3) is 0. The fourth-order valence-electron chi connectivity index (χ4n) is 1.18. The van der Waals surface area contributed by atoms with Crippen LogP contribution in [0.3, 0.4) is 0 Å². The first-order valence-corrected chi connectivity index (χ1v) is 4.05. The van der Waals surface area contributed by atoms with Gasteiger partial charge in [0.1, 0.15) is 0 Å². The number of aromatic nitrogens is 2. The van der Waals surface area contributed by atoms with E-state index >= 15 is 0 Å². The first-order chi connectivity index (χ1) is 6.18. The molecule has 0 aliphatic rings. The number of fused-ring (bicyclic) bond motifs is 1. The molecule has 0 atom stereocenters. The van der Waals surface area contributed by atoms with Gasteiger partial charge < -0.3 is 10.0 Å². The highest BCUT2D eigenvalue weighted by Crippen LogP contribution is 2.14. The molecule has 1 aromatic heterocycles. The summed E-state index contributed by atoms with van der Waals surface area (Å²) < 4.78 is 0. The Bertz CT molecular complexity index is 443. The lowest BCUT2D eigenvalue weighted by molar-refractivity contribution is 0.426. The number of nitrogens with one attached hydrogen (secondary N) is 1. The molecule has 2 rings (SSSR count). The van der Waals surface area contributed by atoms with E-state index in [-0.39, 0.29) is 5.46 Å². The summed E-state index contributed by atoms with van der Waals surface area (Å²) in [5.41, 5.74) is 1.06. The minimum absolute atomic E-state index is 0.288. The van der Waals surface area contributed by atoms with Crippen LogP contribution in [0.15, 0.2) is 18.3 Å². The summed E-state index contributed by atoms with van der Waals surface area (Å²) in [6, 6.07) is 3.20. The first-order valence-electron chi connectivity index (χ1n) is 3.67. The van der Waals surface area contributed by atoms with Crippen LogP contribution in [0.4, 0.5) is 0 Å². The predicted octanol–water partition coefficient (Wildman–Crippen LogP) is -0.104. The van der Waals surface area contributed by atoms with Crippen LogP contribution in [-0.2, 0) is 0 Å². The Kier molecular flexibility index (Phi) is 1.99. The second kappa shape index (κ2) is 3.03. The maximum absolute atomic E-state index is 8.94. The van der Waals surface area contributed by atoms with E-state index in [1.165, 1.54) is 0 Å². The van der Waals surface area contributed by atoms with E-state index < -0.39 is 7.12 Å². The van der Waals surface area contributed by atoms with Crippen molar-refractivity contribution in [2.24, 2.45) is 0 Å². The zero-order chi connectivity index (χ0) is 9.42. The van der Waals surface area contributed by atoms with Crippen molar-refractivity contribution in [3.05, 3.63) is 23.4 Å². The van der Waals surface area contributed by atoms with E-state index in [2.05, 4.69) is 10.2 Å². The summed E-state index contributed by atoms with van der Waals surface area (Å²) in [5.74, 6) is 0. The zero-order valence-corrected chi connectivity index (χ0v) is 7.28. The number of H-pyrrole nitrogens is 1. The van der Waals surface area contributed by atoms with Crippen molar-refractivity contribution in [3.63, 3.8) is 0 Å². The van der Waals surface area contributed by atoms with Gasteiger partial charge in [-0.25, -0.2) is 0 Å². The van der Waals surface area contributed by atoms with Crippen molar-refractivity contribution in [1.29, 1.82) is 0 Å². The number of halogens is 1. The van der Waals surface area contributed by atoms with Gasteiger partial charge in [-0.1, -0.05) is 11.6 Å². The smallest absolute Gasteiger partial charge is 0.423 e. The lowest BCUT2D eigenvalue weighted by Crippen LogP contribution is -2.30. The van der Waals surface area contributed by atoms with Gasteiger partial charge in [0.2, 0.25) is 0 Å². The Hall–Kier alpha value is -1.04. The van der Waals surface area contributed by atoms with Gasteiger partial charge in [0.25, 0.3) is 0 Å². The zero-order valence-electron chi connectivity index (χ0n) is 6.53. The van der Waals surface area contributed by atoms with Crippen LogP contribution in [0, 0.1) is 0 Å². The molecule has 13 heavy (non-hydrogen) atoms. The standard InChI is InChI=1S/C7H6BClN2O2/c9-6-2-7-4(3-10-11-7)1-5(6)8(12)13/h1-3,12-13H,(H,10,11). The minimum Gasteiger partial charge on any atom is -0.423 e. The topological polar surface area (TPSA) is 69.1 Å². The highest BCUT2D eigenvalue weighted by atomic mass is 35.5. The first kappa shape index (κ1) is 8.56. The molecular formula is C7H6BClN2O2. The van der Waals surface area contributed by atoms with Gasteiger partial charge in [0.05, 0.1) is 11.7 Å². The van der Waals surface area contributed by atoms with E-state index in [0.29, 0.717) is 5.02 Å². The van der Waals surface area contributed by atoms with Crippen molar-refractivity contribution < 1.29 is 10.0 Å². The molecule has 0 saturated carbocycles. The van der Waals surface area contributed by atoms with Crippen LogP contribution in [0.1, 0.15) is 0 Å². The molecule has 1 heterocycles. The van der Waals surface area contributed by atoms with Gasteiger partial charge in [0.15, 0.2) is 0 Å². The van der Waals surface area contributed by atoms with Crippen LogP contribution >= 0.6 is 11.6 Å². The summed E-state index contributed by atoms with van der Waals surface area (Å²) in [4.78, 5) is 0. The molecule has 1 aromatic carbocycles. The second-order valence-corrected chi connectivity index (χ2v) is 3.11. The third kappa shape index (κ3) is 1.41. The Morgan fingerprint density at radius 1 is 1.38 bits per heavy atom. The Morgan fingerprint density at radius 3 is 2.85 bits per heavy atom. The average molecular weight is 196 g/mol. The van der Waals surface area contributed by atoms with Crippen LogP contribution < -0.4 is 5.46 Å². The third-order valence-corrected chi connectivity index (χ3v) is 2.16. The van der Waals surface area contributed by atoms with Gasteiger partial charge >= 0.3 is 7.12 Å². The predicted molar refractivity (Wildman–Crippen MR) is 50.9 cm³/mol. The van der Waals surface area contributed by atoms with Crippen LogP contribution in [0.2, 0.25) is 5.02 Å². The molecule has 0 spiro atoms. The number of aromatic amines is 1. The molecule has 0 radical (unpaired) electrons. The van der Waals surface area contributed by atoms with Gasteiger partial charge in [-0.3, -0.25) is 5.10 Å². The normalized spacial score (nSPS) is 10.7. The van der Waals surface area contributed by atoms with E-state index in [4.69, 9.17) is 21.6 Å². The lowest BCUT2D eigenvalue weighted by atomic mass is 9.80. The molecule has 0 unspecified atom stereocenters. The van der Waals surface area contributed by atoms with E-state index in [0.717, 1.165) is 10.9 Å². The van der Waals surface area contributed by atoms with Gasteiger partial charge in [-0.05, 0) is 12.1 Å². The largest absolute Gasteiger partial charge is 0.489 e. The number of hydrogen-bond acceptors (Lipinski definition) is 3. The SMILES string of the molecule is OB(O)c1cc2cn[nH]c2cc1Cl. The quantitative estimate of drug-likeness (QED) is 0.558. The van der Waals surface area contributed by atoms with Gasteiger partial charge in [0, 0.05) is 15.9 Å². The van der Waals surface area contributed by atoms with Crippen molar-refractivity contribution in [2.45, 2.75) is 0 Å². The van der Waals surface area contributed by atoms with Gasteiger partial charge in [-0.2, -0.15) is 5.10 Å². The minimum atomic E-state index is -1.55. The molecule has 0 aliphatic carbocycles. The molecule has 0 fully saturated rings. The second-order valence-electron chi connectivity index (χ2n) is 2.70. The number of rotatable bonds is 1. The fourth-order valence-corrected chi connectivity index (χ4v) is 1.44. The van der Waals surface area contributed by atoms with E-state index in [1.54, 1.807) is 18.3 Å². The monoisotopic (exact) mass is 196 g/mol. The van der Waals surface area contributed by atoms with Crippen molar-refractivity contribution >= 4 is 35.1 Å². The highest BCUT2D eigenvalue weighted by molar-refractivity contribution is 6.63. The van der Waals surface area contributed by atoms with Crippen molar-refractivity contribution in [1.82, 2.24) is 10.2 Å². The van der Waals surface area contributed by atoms with Crippen molar-refractivity contribution in [3.8, 4) is 0 Å². The molecule has 0 aliphatic heterocycles. The summed E-state index contributed by atoms with van der Waals surface area (Å²) in [6.45, 7) is 0. The van der Waals surface area contributed by atoms with Gasteiger partial charge in [-0.15, -0.1) is 0 Å². The summed E-state index contributed by atoms with van der Waals surface area (Å²) in [5, 5.41) is 25.5. The summed E-state index contributed by atoms with van der Waals surface area (Å²) >= 11 is 5.79.